The second kappa shape index (κ2) is 4.59. The summed E-state index contributed by atoms with van der Waals surface area (Å²) in [6, 6.07) is 1.75. The molecule has 1 aliphatic heterocycles. The number of rotatable bonds is 2. The number of carbonyl (C=O) groups is 2. The summed E-state index contributed by atoms with van der Waals surface area (Å²) >= 11 is 0. The van der Waals surface area contributed by atoms with Crippen molar-refractivity contribution in [1.29, 1.82) is 0 Å². The van der Waals surface area contributed by atoms with Crippen LogP contribution in [0.5, 0.6) is 0 Å². The summed E-state index contributed by atoms with van der Waals surface area (Å²) in [5.74, 6) is -1.49. The average Bonchev–Trinajstić information content (AvgIpc) is 3.05. The Hall–Kier alpha value is -2.44. The molecule has 0 bridgehead atoms. The van der Waals surface area contributed by atoms with Crippen molar-refractivity contribution in [1.82, 2.24) is 20.1 Å². The van der Waals surface area contributed by atoms with Crippen LogP contribution in [0, 0.1) is 12.8 Å². The van der Waals surface area contributed by atoms with E-state index in [1.54, 1.807) is 11.0 Å². The molecule has 104 valence electrons. The minimum atomic E-state index is -0.848. The van der Waals surface area contributed by atoms with Gasteiger partial charge in [-0.25, -0.2) is 4.98 Å². The number of pyridine rings is 1. The first kappa shape index (κ1) is 12.6. The number of amides is 1. The zero-order valence-corrected chi connectivity index (χ0v) is 11.0. The van der Waals surface area contributed by atoms with E-state index in [1.165, 1.54) is 6.20 Å². The maximum absolute atomic E-state index is 12.4. The van der Waals surface area contributed by atoms with Gasteiger partial charge in [-0.15, -0.1) is 0 Å². The van der Waals surface area contributed by atoms with Gasteiger partial charge in [0.1, 0.15) is 0 Å². The van der Waals surface area contributed by atoms with Crippen LogP contribution in [0.1, 0.15) is 22.5 Å². The Bertz CT molecular complexity index is 694. The quantitative estimate of drug-likeness (QED) is 0.844. The van der Waals surface area contributed by atoms with Crippen LogP contribution in [0.4, 0.5) is 0 Å². The van der Waals surface area contributed by atoms with Gasteiger partial charge in [-0.3, -0.25) is 14.7 Å². The molecule has 0 aliphatic carbocycles. The van der Waals surface area contributed by atoms with Crippen LogP contribution in [-0.2, 0) is 4.79 Å². The van der Waals surface area contributed by atoms with Crippen LogP contribution in [0.2, 0.25) is 0 Å². The van der Waals surface area contributed by atoms with Crippen molar-refractivity contribution in [2.75, 3.05) is 13.1 Å². The predicted molar refractivity (Wildman–Crippen MR) is 70.3 cm³/mol. The Morgan fingerprint density at radius 2 is 2.30 bits per heavy atom. The van der Waals surface area contributed by atoms with E-state index >= 15 is 0 Å². The van der Waals surface area contributed by atoms with Gasteiger partial charge >= 0.3 is 5.97 Å². The van der Waals surface area contributed by atoms with Gasteiger partial charge < -0.3 is 10.0 Å². The number of carboxylic acid groups (broad SMARTS) is 1. The van der Waals surface area contributed by atoms with E-state index in [2.05, 4.69) is 15.2 Å². The fourth-order valence-electron chi connectivity index (χ4n) is 2.47. The average molecular weight is 274 g/mol. The molecule has 1 aliphatic rings. The third kappa shape index (κ3) is 2.01. The maximum atomic E-state index is 12.4. The van der Waals surface area contributed by atoms with Crippen LogP contribution < -0.4 is 0 Å². The lowest BCUT2D eigenvalue weighted by molar-refractivity contribution is -0.141. The molecule has 3 heterocycles. The summed E-state index contributed by atoms with van der Waals surface area (Å²) in [4.78, 5) is 29.0. The molecule has 2 N–H and O–H groups in total. The van der Waals surface area contributed by atoms with E-state index in [1.807, 2.05) is 6.92 Å². The Morgan fingerprint density at radius 3 is 3.00 bits per heavy atom. The largest absolute Gasteiger partial charge is 0.481 e. The summed E-state index contributed by atoms with van der Waals surface area (Å²) in [6.45, 7) is 2.59. The third-order valence-electron chi connectivity index (χ3n) is 3.67. The van der Waals surface area contributed by atoms with Crippen LogP contribution in [0.3, 0.4) is 0 Å². The number of aromatic amines is 1. The highest BCUT2D eigenvalue weighted by atomic mass is 16.4. The summed E-state index contributed by atoms with van der Waals surface area (Å²) < 4.78 is 0. The van der Waals surface area contributed by atoms with Gasteiger partial charge in [-0.05, 0) is 19.4 Å². The zero-order valence-electron chi connectivity index (χ0n) is 11.0. The standard InChI is InChI=1S/C13H14N4O3/c1-7-10-4-9(5-14-11(10)16-15-7)12(18)17-3-2-8(6-17)13(19)20/h4-5,8H,2-3,6H2,1H3,(H,19,20)(H,14,15,16)/t8-/m1/s1. The Morgan fingerprint density at radius 1 is 1.50 bits per heavy atom. The third-order valence-corrected chi connectivity index (χ3v) is 3.67. The van der Waals surface area contributed by atoms with Gasteiger partial charge in [0.2, 0.25) is 0 Å². The van der Waals surface area contributed by atoms with Gasteiger partial charge in [-0.1, -0.05) is 0 Å². The Balaban J connectivity index is 1.85. The lowest BCUT2D eigenvalue weighted by atomic mass is 10.1. The Kier molecular flexibility index (Phi) is 2.89. The van der Waals surface area contributed by atoms with Crippen molar-refractivity contribution in [3.05, 3.63) is 23.5 Å². The molecule has 3 rings (SSSR count). The topological polar surface area (TPSA) is 99.2 Å². The van der Waals surface area contributed by atoms with Gasteiger partial charge in [0, 0.05) is 30.4 Å². The number of hydrogen-bond donors (Lipinski definition) is 2. The zero-order chi connectivity index (χ0) is 14.3. The second-order valence-corrected chi connectivity index (χ2v) is 5.02. The molecule has 7 heteroatoms. The lowest BCUT2D eigenvalue weighted by Gasteiger charge is -2.15. The smallest absolute Gasteiger partial charge is 0.308 e. The number of nitrogens with zero attached hydrogens (tertiary/aromatic N) is 3. The molecule has 1 atom stereocenters. The number of hydrogen-bond acceptors (Lipinski definition) is 4. The monoisotopic (exact) mass is 274 g/mol. The van der Waals surface area contributed by atoms with Crippen molar-refractivity contribution in [2.45, 2.75) is 13.3 Å². The molecule has 1 fully saturated rings. The molecule has 0 saturated carbocycles. The van der Waals surface area contributed by atoms with Crippen LogP contribution in [-0.4, -0.2) is 50.2 Å². The highest BCUT2D eigenvalue weighted by molar-refractivity contribution is 5.97. The minimum absolute atomic E-state index is 0.177. The molecule has 0 unspecified atom stereocenters. The molecule has 2 aromatic rings. The van der Waals surface area contributed by atoms with E-state index < -0.39 is 11.9 Å². The number of H-pyrrole nitrogens is 1. The molecule has 20 heavy (non-hydrogen) atoms. The fourth-order valence-corrected chi connectivity index (χ4v) is 2.47. The number of aromatic nitrogens is 3. The number of fused-ring (bicyclic) bond motifs is 1. The summed E-state index contributed by atoms with van der Waals surface area (Å²) in [7, 11) is 0. The van der Waals surface area contributed by atoms with Crippen molar-refractivity contribution < 1.29 is 14.7 Å². The highest BCUT2D eigenvalue weighted by Crippen LogP contribution is 2.20. The fraction of sp³-hybridized carbons (Fsp3) is 0.385. The molecular weight excluding hydrogens is 260 g/mol. The van der Waals surface area contributed by atoms with E-state index in [9.17, 15) is 9.59 Å². The van der Waals surface area contributed by atoms with Crippen molar-refractivity contribution in [3.8, 4) is 0 Å². The summed E-state index contributed by atoms with van der Waals surface area (Å²) in [5, 5.41) is 16.6. The molecule has 0 aromatic carbocycles. The van der Waals surface area contributed by atoms with Crippen molar-refractivity contribution >= 4 is 22.9 Å². The van der Waals surface area contributed by atoms with E-state index in [-0.39, 0.29) is 12.5 Å². The van der Waals surface area contributed by atoms with E-state index in [0.717, 1.165) is 11.1 Å². The molecule has 2 aromatic heterocycles. The first-order chi connectivity index (χ1) is 9.56. The van der Waals surface area contributed by atoms with Crippen molar-refractivity contribution in [2.24, 2.45) is 5.92 Å². The van der Waals surface area contributed by atoms with E-state index in [0.29, 0.717) is 24.2 Å². The van der Waals surface area contributed by atoms with Crippen LogP contribution in [0.25, 0.3) is 11.0 Å². The second-order valence-electron chi connectivity index (χ2n) is 5.02. The highest BCUT2D eigenvalue weighted by Gasteiger charge is 2.31. The number of likely N-dealkylation sites (tertiary alicyclic amines) is 1. The van der Waals surface area contributed by atoms with Crippen molar-refractivity contribution in [3.63, 3.8) is 0 Å². The number of aryl methyl sites for hydroxylation is 1. The molecule has 1 amide bonds. The number of carboxylic acids is 1. The Labute approximate surface area is 114 Å². The minimum Gasteiger partial charge on any atom is -0.481 e. The first-order valence-electron chi connectivity index (χ1n) is 6.39. The molecule has 0 radical (unpaired) electrons. The SMILES string of the molecule is Cc1[nH]nc2ncc(C(=O)N3CC[C@@H](C(=O)O)C3)cc12. The maximum Gasteiger partial charge on any atom is 0.308 e. The predicted octanol–water partition coefficient (Wildman–Crippen LogP) is 0.813. The summed E-state index contributed by atoms with van der Waals surface area (Å²) in [5.41, 5.74) is 1.89. The number of aliphatic carboxylic acids is 1. The van der Waals surface area contributed by atoms with Gasteiger partial charge in [0.15, 0.2) is 5.65 Å². The lowest BCUT2D eigenvalue weighted by Crippen LogP contribution is -2.30. The molecule has 1 saturated heterocycles. The molecule has 7 nitrogen and oxygen atoms in total. The number of carbonyl (C=O) groups excluding carboxylic acids is 1. The van der Waals surface area contributed by atoms with Gasteiger partial charge in [0.05, 0.1) is 11.5 Å². The molecule has 0 spiro atoms. The normalized spacial score (nSPS) is 18.6. The van der Waals surface area contributed by atoms with Crippen LogP contribution >= 0.6 is 0 Å². The van der Waals surface area contributed by atoms with Gasteiger partial charge in [-0.2, -0.15) is 5.10 Å². The molecular formula is C13H14N4O3. The number of nitrogens with one attached hydrogen (secondary N) is 1. The van der Waals surface area contributed by atoms with Gasteiger partial charge in [0.25, 0.3) is 5.91 Å². The van der Waals surface area contributed by atoms with Crippen LogP contribution in [0.15, 0.2) is 12.3 Å². The summed E-state index contributed by atoms with van der Waals surface area (Å²) in [6.07, 6.45) is 1.99. The first-order valence-corrected chi connectivity index (χ1v) is 6.39. The van der Waals surface area contributed by atoms with E-state index in [4.69, 9.17) is 5.11 Å².